The maximum absolute atomic E-state index is 12.0. The number of anilines is 1. The number of carbonyl (C=O) groups excluding carboxylic acids is 1. The summed E-state index contributed by atoms with van der Waals surface area (Å²) in [5.41, 5.74) is 1.42. The van der Waals surface area contributed by atoms with Crippen LogP contribution in [0.2, 0.25) is 0 Å². The fraction of sp³-hybridized carbons (Fsp3) is 0.154. The van der Waals surface area contributed by atoms with Crippen LogP contribution in [0, 0.1) is 11.3 Å². The van der Waals surface area contributed by atoms with Crippen molar-refractivity contribution in [3.63, 3.8) is 0 Å². The molecule has 2 rings (SSSR count). The van der Waals surface area contributed by atoms with Gasteiger partial charge in [0.05, 0.1) is 11.3 Å². The van der Waals surface area contributed by atoms with Crippen LogP contribution in [0.3, 0.4) is 0 Å². The molecule has 0 unspecified atom stereocenters. The monoisotopic (exact) mass is 240 g/mol. The first kappa shape index (κ1) is 11.9. The summed E-state index contributed by atoms with van der Waals surface area (Å²) in [6, 6.07) is 10.6. The second-order valence-corrected chi connectivity index (χ2v) is 3.64. The summed E-state index contributed by atoms with van der Waals surface area (Å²) in [5.74, 6) is -0.267. The maximum Gasteiger partial charge on any atom is 0.273 e. The number of para-hydroxylation sites is 1. The van der Waals surface area contributed by atoms with Crippen molar-refractivity contribution in [1.29, 1.82) is 5.26 Å². The summed E-state index contributed by atoms with van der Waals surface area (Å²) >= 11 is 0. The Labute approximate surface area is 105 Å². The predicted octanol–water partition coefficient (Wildman–Crippen LogP) is 2.03. The smallest absolute Gasteiger partial charge is 0.273 e. The molecule has 18 heavy (non-hydrogen) atoms. The number of nitriles is 1. The van der Waals surface area contributed by atoms with Crippen LogP contribution in [-0.2, 0) is 6.54 Å². The van der Waals surface area contributed by atoms with Crippen molar-refractivity contribution >= 4 is 11.6 Å². The Hall–Kier alpha value is -2.61. The van der Waals surface area contributed by atoms with Gasteiger partial charge in [-0.25, -0.2) is 0 Å². The van der Waals surface area contributed by atoms with Crippen molar-refractivity contribution in [3.8, 4) is 6.07 Å². The minimum absolute atomic E-state index is 0.267. The number of hydrogen-bond acceptors (Lipinski definition) is 3. The van der Waals surface area contributed by atoms with Crippen LogP contribution in [0.4, 0.5) is 5.69 Å². The summed E-state index contributed by atoms with van der Waals surface area (Å²) in [6.07, 6.45) is 1.58. The van der Waals surface area contributed by atoms with E-state index in [9.17, 15) is 4.79 Å². The zero-order valence-electron chi connectivity index (χ0n) is 9.92. The van der Waals surface area contributed by atoms with Crippen LogP contribution in [0.25, 0.3) is 0 Å². The lowest BCUT2D eigenvalue weighted by Gasteiger charge is -2.07. The van der Waals surface area contributed by atoms with Crippen molar-refractivity contribution in [2.24, 2.45) is 0 Å². The van der Waals surface area contributed by atoms with Gasteiger partial charge in [0.2, 0.25) is 0 Å². The van der Waals surface area contributed by atoms with Gasteiger partial charge in [0.1, 0.15) is 11.8 Å². The largest absolute Gasteiger partial charge is 0.319 e. The predicted molar refractivity (Wildman–Crippen MR) is 67.0 cm³/mol. The van der Waals surface area contributed by atoms with Crippen LogP contribution in [0.5, 0.6) is 0 Å². The lowest BCUT2D eigenvalue weighted by atomic mass is 10.2. The third-order valence-corrected chi connectivity index (χ3v) is 2.54. The van der Waals surface area contributed by atoms with E-state index in [1.807, 2.05) is 13.0 Å². The van der Waals surface area contributed by atoms with Crippen molar-refractivity contribution in [2.75, 3.05) is 5.32 Å². The Morgan fingerprint density at radius 3 is 2.94 bits per heavy atom. The second-order valence-electron chi connectivity index (χ2n) is 3.64. The molecule has 5 heteroatoms. The van der Waals surface area contributed by atoms with Gasteiger partial charge in [0.25, 0.3) is 5.91 Å². The highest BCUT2D eigenvalue weighted by Crippen LogP contribution is 2.14. The molecule has 0 fully saturated rings. The molecule has 1 aromatic heterocycles. The molecule has 1 N–H and O–H groups in total. The van der Waals surface area contributed by atoms with E-state index in [0.29, 0.717) is 23.5 Å². The van der Waals surface area contributed by atoms with Gasteiger partial charge in [-0.05, 0) is 25.1 Å². The molecule has 1 amide bonds. The van der Waals surface area contributed by atoms with Gasteiger partial charge in [-0.2, -0.15) is 10.4 Å². The van der Waals surface area contributed by atoms with E-state index in [4.69, 9.17) is 5.26 Å². The number of hydrogen-bond donors (Lipinski definition) is 1. The fourth-order valence-corrected chi connectivity index (χ4v) is 1.65. The molecule has 0 bridgehead atoms. The molecule has 0 spiro atoms. The van der Waals surface area contributed by atoms with E-state index in [1.165, 1.54) is 0 Å². The molecule has 2 aromatic rings. The summed E-state index contributed by atoms with van der Waals surface area (Å²) < 4.78 is 1.60. The highest BCUT2D eigenvalue weighted by Gasteiger charge is 2.12. The van der Waals surface area contributed by atoms with E-state index in [2.05, 4.69) is 10.4 Å². The highest BCUT2D eigenvalue weighted by molar-refractivity contribution is 6.03. The Balaban J connectivity index is 2.25. The minimum atomic E-state index is -0.267. The van der Waals surface area contributed by atoms with E-state index < -0.39 is 0 Å². The zero-order chi connectivity index (χ0) is 13.0. The van der Waals surface area contributed by atoms with Crippen molar-refractivity contribution in [2.45, 2.75) is 13.5 Å². The minimum Gasteiger partial charge on any atom is -0.319 e. The van der Waals surface area contributed by atoms with E-state index in [0.717, 1.165) is 0 Å². The molecule has 0 aliphatic rings. The Kier molecular flexibility index (Phi) is 3.39. The third kappa shape index (κ3) is 2.23. The van der Waals surface area contributed by atoms with Gasteiger partial charge in [0.15, 0.2) is 0 Å². The Morgan fingerprint density at radius 2 is 2.22 bits per heavy atom. The first-order chi connectivity index (χ1) is 8.76. The van der Waals surface area contributed by atoms with Crippen LogP contribution >= 0.6 is 0 Å². The highest BCUT2D eigenvalue weighted by atomic mass is 16.2. The molecule has 1 aromatic carbocycles. The van der Waals surface area contributed by atoms with Gasteiger partial charge in [-0.15, -0.1) is 0 Å². The molecule has 1 heterocycles. The van der Waals surface area contributed by atoms with Crippen molar-refractivity contribution in [3.05, 3.63) is 47.8 Å². The Bertz CT molecular complexity index is 609. The summed E-state index contributed by atoms with van der Waals surface area (Å²) in [4.78, 5) is 12.0. The standard InChI is InChI=1S/C13H12N4O/c1-2-17-12(7-8-15-17)13(18)16-11-6-4-3-5-10(11)9-14/h3-8H,2H2,1H3,(H,16,18). The number of aryl methyl sites for hydroxylation is 1. The first-order valence-corrected chi connectivity index (χ1v) is 5.58. The SMILES string of the molecule is CCn1nccc1C(=O)Nc1ccccc1C#N. The molecule has 0 aliphatic carbocycles. The normalized spacial score (nSPS) is 9.78. The maximum atomic E-state index is 12.0. The fourth-order valence-electron chi connectivity index (χ4n) is 1.65. The van der Waals surface area contributed by atoms with Crippen LogP contribution < -0.4 is 5.32 Å². The van der Waals surface area contributed by atoms with Gasteiger partial charge in [0, 0.05) is 12.7 Å². The summed E-state index contributed by atoms with van der Waals surface area (Å²) in [5, 5.41) is 15.7. The van der Waals surface area contributed by atoms with E-state index in [-0.39, 0.29) is 5.91 Å². The number of rotatable bonds is 3. The van der Waals surface area contributed by atoms with Gasteiger partial charge >= 0.3 is 0 Å². The second kappa shape index (κ2) is 5.15. The molecule has 90 valence electrons. The van der Waals surface area contributed by atoms with Gasteiger partial charge < -0.3 is 5.32 Å². The average molecular weight is 240 g/mol. The van der Waals surface area contributed by atoms with Crippen LogP contribution in [0.1, 0.15) is 23.0 Å². The lowest BCUT2D eigenvalue weighted by molar-refractivity contribution is 0.101. The molecular formula is C13H12N4O. The summed E-state index contributed by atoms with van der Waals surface area (Å²) in [6.45, 7) is 2.53. The number of benzene rings is 1. The number of nitrogens with one attached hydrogen (secondary N) is 1. The topological polar surface area (TPSA) is 70.7 Å². The molecule has 0 aliphatic heterocycles. The number of nitrogens with zero attached hydrogens (tertiary/aromatic N) is 3. The number of carbonyl (C=O) groups is 1. The average Bonchev–Trinajstić information content (AvgIpc) is 2.87. The quantitative estimate of drug-likeness (QED) is 0.892. The molecule has 0 saturated heterocycles. The third-order valence-electron chi connectivity index (χ3n) is 2.54. The van der Waals surface area contributed by atoms with Gasteiger partial charge in [-0.1, -0.05) is 12.1 Å². The molecule has 0 atom stereocenters. The van der Waals surface area contributed by atoms with Crippen molar-refractivity contribution < 1.29 is 4.79 Å². The molecule has 0 radical (unpaired) electrons. The van der Waals surface area contributed by atoms with Crippen LogP contribution in [0.15, 0.2) is 36.5 Å². The first-order valence-electron chi connectivity index (χ1n) is 5.58. The summed E-state index contributed by atoms with van der Waals surface area (Å²) in [7, 11) is 0. The zero-order valence-corrected chi connectivity index (χ0v) is 9.92. The van der Waals surface area contributed by atoms with Crippen LogP contribution in [-0.4, -0.2) is 15.7 Å². The number of amides is 1. The van der Waals surface area contributed by atoms with Crippen molar-refractivity contribution in [1.82, 2.24) is 9.78 Å². The number of aromatic nitrogens is 2. The van der Waals surface area contributed by atoms with E-state index in [1.54, 1.807) is 41.2 Å². The van der Waals surface area contributed by atoms with E-state index >= 15 is 0 Å². The molecule has 0 saturated carbocycles. The van der Waals surface area contributed by atoms with Gasteiger partial charge in [-0.3, -0.25) is 9.48 Å². The lowest BCUT2D eigenvalue weighted by Crippen LogP contribution is -2.17. The molecular weight excluding hydrogens is 228 g/mol. The Morgan fingerprint density at radius 1 is 1.44 bits per heavy atom. The molecule has 5 nitrogen and oxygen atoms in total.